The molecule has 3 heteroatoms. The number of benzene rings is 1. The molecule has 0 aromatic heterocycles. The normalized spacial score (nSPS) is 23.2. The largest absolute Gasteiger partial charge is 0.292 e. The summed E-state index contributed by atoms with van der Waals surface area (Å²) in [6, 6.07) is 8.98. The van der Waals surface area contributed by atoms with E-state index in [-0.39, 0.29) is 11.8 Å². The summed E-state index contributed by atoms with van der Waals surface area (Å²) >= 11 is 0. The van der Waals surface area contributed by atoms with Gasteiger partial charge in [0.25, 0.3) is 0 Å². The zero-order valence-electron chi connectivity index (χ0n) is 9.40. The second-order valence-corrected chi connectivity index (χ2v) is 4.29. The summed E-state index contributed by atoms with van der Waals surface area (Å²) in [6.45, 7) is 2.92. The van der Waals surface area contributed by atoms with Gasteiger partial charge in [0.1, 0.15) is 6.17 Å². The van der Waals surface area contributed by atoms with Crippen LogP contribution in [0.4, 0.5) is 4.39 Å². The molecule has 2 unspecified atom stereocenters. The number of nitrogens with zero attached hydrogens (tertiary/aromatic N) is 1. The van der Waals surface area contributed by atoms with Crippen LogP contribution < -0.4 is 0 Å². The lowest BCUT2D eigenvalue weighted by atomic mass is 10.0. The standard InChI is InChI=1S/C13H16FNO/c1-10(15-8-7-12(14)9-15)13(16)11-5-3-2-4-6-11/h2-6,10,12H,7-9H2,1H3. The molecule has 0 N–H and O–H groups in total. The molecule has 0 spiro atoms. The van der Waals surface area contributed by atoms with Gasteiger partial charge in [-0.3, -0.25) is 9.69 Å². The number of hydrogen-bond donors (Lipinski definition) is 0. The fraction of sp³-hybridized carbons (Fsp3) is 0.462. The van der Waals surface area contributed by atoms with Crippen LogP contribution in [0.1, 0.15) is 23.7 Å². The van der Waals surface area contributed by atoms with Crippen LogP contribution in [0.5, 0.6) is 0 Å². The predicted molar refractivity (Wildman–Crippen MR) is 61.3 cm³/mol. The number of carbonyl (C=O) groups is 1. The zero-order valence-corrected chi connectivity index (χ0v) is 9.40. The Bertz CT molecular complexity index is 365. The Balaban J connectivity index is 2.05. The molecule has 0 saturated carbocycles. The summed E-state index contributed by atoms with van der Waals surface area (Å²) in [5, 5.41) is 0. The second kappa shape index (κ2) is 4.74. The minimum atomic E-state index is -0.772. The number of rotatable bonds is 3. The molecule has 1 aromatic carbocycles. The van der Waals surface area contributed by atoms with Crippen molar-refractivity contribution in [1.29, 1.82) is 0 Å². The lowest BCUT2D eigenvalue weighted by molar-refractivity contribution is 0.0860. The van der Waals surface area contributed by atoms with Gasteiger partial charge in [-0.2, -0.15) is 0 Å². The quantitative estimate of drug-likeness (QED) is 0.730. The molecule has 1 fully saturated rings. The van der Waals surface area contributed by atoms with E-state index in [1.165, 1.54) is 0 Å². The Kier molecular flexibility index (Phi) is 3.34. The van der Waals surface area contributed by atoms with Crippen molar-refractivity contribution >= 4 is 5.78 Å². The van der Waals surface area contributed by atoms with Crippen LogP contribution in [0, 0.1) is 0 Å². The van der Waals surface area contributed by atoms with Crippen LogP contribution >= 0.6 is 0 Å². The molecule has 0 bridgehead atoms. The van der Waals surface area contributed by atoms with Crippen LogP contribution in [0.25, 0.3) is 0 Å². The molecule has 1 heterocycles. The first-order valence-corrected chi connectivity index (χ1v) is 5.66. The minimum absolute atomic E-state index is 0.0784. The van der Waals surface area contributed by atoms with E-state index in [0.29, 0.717) is 25.1 Å². The Hall–Kier alpha value is -1.22. The van der Waals surface area contributed by atoms with Crippen molar-refractivity contribution in [2.75, 3.05) is 13.1 Å². The smallest absolute Gasteiger partial charge is 0.179 e. The van der Waals surface area contributed by atoms with Crippen molar-refractivity contribution in [1.82, 2.24) is 4.90 Å². The number of likely N-dealkylation sites (tertiary alicyclic amines) is 1. The van der Waals surface area contributed by atoms with Crippen molar-refractivity contribution in [3.63, 3.8) is 0 Å². The fourth-order valence-corrected chi connectivity index (χ4v) is 2.10. The highest BCUT2D eigenvalue weighted by molar-refractivity contribution is 5.99. The molecule has 1 aliphatic rings. The van der Waals surface area contributed by atoms with Crippen molar-refractivity contribution in [3.05, 3.63) is 35.9 Å². The van der Waals surface area contributed by atoms with E-state index in [1.54, 1.807) is 0 Å². The summed E-state index contributed by atoms with van der Waals surface area (Å²) in [6.07, 6.45) is -0.224. The van der Waals surface area contributed by atoms with Gasteiger partial charge in [-0.25, -0.2) is 4.39 Å². The van der Waals surface area contributed by atoms with E-state index in [2.05, 4.69) is 0 Å². The number of alkyl halides is 1. The number of hydrogen-bond acceptors (Lipinski definition) is 2. The van der Waals surface area contributed by atoms with Gasteiger partial charge < -0.3 is 0 Å². The molecule has 0 radical (unpaired) electrons. The second-order valence-electron chi connectivity index (χ2n) is 4.29. The van der Waals surface area contributed by atoms with Gasteiger partial charge in [0.15, 0.2) is 5.78 Å². The first-order chi connectivity index (χ1) is 7.68. The average Bonchev–Trinajstić information content (AvgIpc) is 2.75. The van der Waals surface area contributed by atoms with E-state index >= 15 is 0 Å². The first-order valence-electron chi connectivity index (χ1n) is 5.66. The first kappa shape index (κ1) is 11.3. The number of Topliss-reactive ketones (excluding diaryl/α,β-unsaturated/α-hetero) is 1. The third kappa shape index (κ3) is 2.30. The summed E-state index contributed by atoms with van der Waals surface area (Å²) < 4.78 is 13.0. The highest BCUT2D eigenvalue weighted by Crippen LogP contribution is 2.17. The van der Waals surface area contributed by atoms with Gasteiger partial charge in [0, 0.05) is 18.7 Å². The Morgan fingerprint density at radius 1 is 1.44 bits per heavy atom. The number of ketones is 1. The van der Waals surface area contributed by atoms with Crippen LogP contribution in [-0.4, -0.2) is 36.0 Å². The molecular weight excluding hydrogens is 205 g/mol. The number of carbonyl (C=O) groups excluding carboxylic acids is 1. The third-order valence-electron chi connectivity index (χ3n) is 3.15. The molecule has 2 atom stereocenters. The number of halogens is 1. The zero-order chi connectivity index (χ0) is 11.5. The van der Waals surface area contributed by atoms with E-state index in [0.717, 1.165) is 0 Å². The molecule has 0 amide bonds. The molecule has 86 valence electrons. The lowest BCUT2D eigenvalue weighted by Gasteiger charge is -2.22. The van der Waals surface area contributed by atoms with E-state index in [9.17, 15) is 9.18 Å². The van der Waals surface area contributed by atoms with Crippen LogP contribution in [0.3, 0.4) is 0 Å². The molecule has 2 nitrogen and oxygen atoms in total. The fourth-order valence-electron chi connectivity index (χ4n) is 2.10. The maximum atomic E-state index is 13.0. The molecule has 1 saturated heterocycles. The maximum absolute atomic E-state index is 13.0. The highest BCUT2D eigenvalue weighted by Gasteiger charge is 2.29. The monoisotopic (exact) mass is 221 g/mol. The Morgan fingerprint density at radius 3 is 2.69 bits per heavy atom. The van der Waals surface area contributed by atoms with Gasteiger partial charge in [0.2, 0.25) is 0 Å². The predicted octanol–water partition coefficient (Wildman–Crippen LogP) is 2.30. The van der Waals surface area contributed by atoms with E-state index < -0.39 is 6.17 Å². The summed E-state index contributed by atoms with van der Waals surface area (Å²) in [5.74, 6) is 0.0784. The Morgan fingerprint density at radius 2 is 2.12 bits per heavy atom. The van der Waals surface area contributed by atoms with E-state index in [1.807, 2.05) is 42.2 Å². The third-order valence-corrected chi connectivity index (χ3v) is 3.15. The summed E-state index contributed by atoms with van der Waals surface area (Å²) in [7, 11) is 0. The highest BCUT2D eigenvalue weighted by atomic mass is 19.1. The molecular formula is C13H16FNO. The van der Waals surface area contributed by atoms with Crippen LogP contribution in [0.2, 0.25) is 0 Å². The summed E-state index contributed by atoms with van der Waals surface area (Å²) in [5.41, 5.74) is 0.706. The van der Waals surface area contributed by atoms with Gasteiger partial charge in [-0.15, -0.1) is 0 Å². The van der Waals surface area contributed by atoms with Gasteiger partial charge in [-0.05, 0) is 13.3 Å². The Labute approximate surface area is 95.1 Å². The van der Waals surface area contributed by atoms with Crippen molar-refractivity contribution in [2.24, 2.45) is 0 Å². The average molecular weight is 221 g/mol. The van der Waals surface area contributed by atoms with Crippen molar-refractivity contribution < 1.29 is 9.18 Å². The topological polar surface area (TPSA) is 20.3 Å². The van der Waals surface area contributed by atoms with Crippen molar-refractivity contribution in [2.45, 2.75) is 25.6 Å². The van der Waals surface area contributed by atoms with Gasteiger partial charge in [-0.1, -0.05) is 30.3 Å². The minimum Gasteiger partial charge on any atom is -0.292 e. The van der Waals surface area contributed by atoms with Crippen LogP contribution in [0.15, 0.2) is 30.3 Å². The molecule has 2 rings (SSSR count). The summed E-state index contributed by atoms with van der Waals surface area (Å²) in [4.78, 5) is 14.0. The molecule has 1 aliphatic heterocycles. The van der Waals surface area contributed by atoms with Crippen LogP contribution in [-0.2, 0) is 0 Å². The molecule has 16 heavy (non-hydrogen) atoms. The SMILES string of the molecule is CC(C(=O)c1ccccc1)N1CCC(F)C1. The van der Waals surface area contributed by atoms with E-state index in [4.69, 9.17) is 0 Å². The molecule has 1 aromatic rings. The van der Waals surface area contributed by atoms with Gasteiger partial charge >= 0.3 is 0 Å². The molecule has 0 aliphatic carbocycles. The lowest BCUT2D eigenvalue weighted by Crippen LogP contribution is -2.37. The maximum Gasteiger partial charge on any atom is 0.179 e. The van der Waals surface area contributed by atoms with Gasteiger partial charge in [0.05, 0.1) is 6.04 Å². The van der Waals surface area contributed by atoms with Crippen molar-refractivity contribution in [3.8, 4) is 0 Å².